The number of carbonyl (C=O) groups excluding carboxylic acids is 1. The van der Waals surface area contributed by atoms with E-state index in [1.165, 1.54) is 18.3 Å². The average Bonchev–Trinajstić information content (AvgIpc) is 3.32. The maximum atomic E-state index is 13.1. The number of non-ortho nitro benzene ring substituents is 1. The zero-order valence-electron chi connectivity index (χ0n) is 18.9. The standard InChI is InChI=1S/C27H22BrN3O4/c1-18-7-5-6-10-20(18)15-24(19-8-3-2-4-9-19)27(32)30-29-17-22-12-14-26(35-22)23-13-11-21(31(33)34)16-25(23)28/h2-14,16-17,24H,15H2,1H3,(H,30,32)/b29-17-/t24-/m0/s1. The number of hydrazone groups is 1. The first kappa shape index (κ1) is 24.1. The van der Waals surface area contributed by atoms with Gasteiger partial charge in [-0.3, -0.25) is 14.9 Å². The number of rotatable bonds is 8. The second-order valence-corrected chi connectivity index (χ2v) is 8.81. The Bertz CT molecular complexity index is 1380. The summed E-state index contributed by atoms with van der Waals surface area (Å²) in [5.41, 5.74) is 6.43. The summed E-state index contributed by atoms with van der Waals surface area (Å²) in [7, 11) is 0. The summed E-state index contributed by atoms with van der Waals surface area (Å²) >= 11 is 3.35. The normalized spacial score (nSPS) is 11.9. The molecule has 1 aromatic heterocycles. The van der Waals surface area contributed by atoms with Crippen LogP contribution in [0.3, 0.4) is 0 Å². The number of benzene rings is 3. The highest BCUT2D eigenvalue weighted by atomic mass is 79.9. The second-order valence-electron chi connectivity index (χ2n) is 7.95. The van der Waals surface area contributed by atoms with Crippen LogP contribution in [0.4, 0.5) is 5.69 Å². The molecule has 1 atom stereocenters. The smallest absolute Gasteiger partial charge is 0.270 e. The Hall–Kier alpha value is -4.04. The van der Waals surface area contributed by atoms with E-state index < -0.39 is 10.8 Å². The minimum Gasteiger partial charge on any atom is -0.455 e. The Morgan fingerprint density at radius 2 is 1.83 bits per heavy atom. The van der Waals surface area contributed by atoms with E-state index in [1.807, 2.05) is 61.5 Å². The lowest BCUT2D eigenvalue weighted by Gasteiger charge is -2.17. The first-order valence-corrected chi connectivity index (χ1v) is 11.7. The van der Waals surface area contributed by atoms with Crippen molar-refractivity contribution in [1.82, 2.24) is 5.43 Å². The van der Waals surface area contributed by atoms with Gasteiger partial charge in [0.15, 0.2) is 0 Å². The molecule has 4 aromatic rings. The van der Waals surface area contributed by atoms with E-state index in [0.29, 0.717) is 28.0 Å². The number of nitro benzene ring substituents is 1. The molecule has 3 aromatic carbocycles. The molecular formula is C27H22BrN3O4. The van der Waals surface area contributed by atoms with Crippen LogP contribution >= 0.6 is 15.9 Å². The molecule has 1 heterocycles. The van der Waals surface area contributed by atoms with Gasteiger partial charge in [-0.25, -0.2) is 5.43 Å². The van der Waals surface area contributed by atoms with E-state index in [4.69, 9.17) is 4.42 Å². The summed E-state index contributed by atoms with van der Waals surface area (Å²) in [5.74, 6) is 0.320. The molecular weight excluding hydrogens is 510 g/mol. The molecule has 35 heavy (non-hydrogen) atoms. The van der Waals surface area contributed by atoms with E-state index in [2.05, 4.69) is 26.5 Å². The van der Waals surface area contributed by atoms with Gasteiger partial charge >= 0.3 is 0 Å². The number of aryl methyl sites for hydroxylation is 1. The number of nitrogens with one attached hydrogen (secondary N) is 1. The van der Waals surface area contributed by atoms with Gasteiger partial charge in [-0.15, -0.1) is 0 Å². The van der Waals surface area contributed by atoms with Crippen molar-refractivity contribution >= 4 is 33.7 Å². The summed E-state index contributed by atoms with van der Waals surface area (Å²) in [5, 5.41) is 15.0. The van der Waals surface area contributed by atoms with Crippen LogP contribution in [-0.2, 0) is 11.2 Å². The summed E-state index contributed by atoms with van der Waals surface area (Å²) in [6.07, 6.45) is 1.98. The lowest BCUT2D eigenvalue weighted by molar-refractivity contribution is -0.384. The lowest BCUT2D eigenvalue weighted by Crippen LogP contribution is -2.27. The van der Waals surface area contributed by atoms with Gasteiger partial charge in [0.1, 0.15) is 11.5 Å². The van der Waals surface area contributed by atoms with E-state index >= 15 is 0 Å². The van der Waals surface area contributed by atoms with Crippen molar-refractivity contribution in [2.45, 2.75) is 19.3 Å². The fourth-order valence-corrected chi connectivity index (χ4v) is 4.29. The summed E-state index contributed by atoms with van der Waals surface area (Å²) in [6, 6.07) is 25.5. The number of furan rings is 1. The Morgan fingerprint density at radius 1 is 1.09 bits per heavy atom. The zero-order valence-corrected chi connectivity index (χ0v) is 20.4. The van der Waals surface area contributed by atoms with E-state index in [-0.39, 0.29) is 11.6 Å². The Labute approximate surface area is 210 Å². The number of nitro groups is 1. The summed E-state index contributed by atoms with van der Waals surface area (Å²) in [4.78, 5) is 23.6. The molecule has 0 bridgehead atoms. The molecule has 176 valence electrons. The SMILES string of the molecule is Cc1ccccc1C[C@H](C(=O)N/N=C\c1ccc(-c2ccc([N+](=O)[O-])cc2Br)o1)c1ccccc1. The third kappa shape index (κ3) is 5.91. The van der Waals surface area contributed by atoms with Gasteiger partial charge in [-0.1, -0.05) is 54.6 Å². The van der Waals surface area contributed by atoms with Gasteiger partial charge in [-0.05, 0) is 64.2 Å². The van der Waals surface area contributed by atoms with Crippen LogP contribution in [0.1, 0.15) is 28.4 Å². The average molecular weight is 532 g/mol. The summed E-state index contributed by atoms with van der Waals surface area (Å²) < 4.78 is 6.33. The van der Waals surface area contributed by atoms with Gasteiger partial charge in [0.2, 0.25) is 5.91 Å². The van der Waals surface area contributed by atoms with E-state index in [0.717, 1.165) is 16.7 Å². The number of hydrogen-bond donors (Lipinski definition) is 1. The van der Waals surface area contributed by atoms with Gasteiger partial charge in [0.05, 0.1) is 17.1 Å². The molecule has 0 radical (unpaired) electrons. The molecule has 0 fully saturated rings. The maximum absolute atomic E-state index is 13.1. The van der Waals surface area contributed by atoms with Crippen LogP contribution in [0.15, 0.2) is 98.9 Å². The highest BCUT2D eigenvalue weighted by Gasteiger charge is 2.21. The van der Waals surface area contributed by atoms with Gasteiger partial charge in [-0.2, -0.15) is 5.10 Å². The highest BCUT2D eigenvalue weighted by Crippen LogP contribution is 2.32. The quantitative estimate of drug-likeness (QED) is 0.161. The Morgan fingerprint density at radius 3 is 2.54 bits per heavy atom. The third-order valence-corrected chi connectivity index (χ3v) is 6.28. The molecule has 0 saturated heterocycles. The maximum Gasteiger partial charge on any atom is 0.270 e. The van der Waals surface area contributed by atoms with Crippen molar-refractivity contribution in [1.29, 1.82) is 0 Å². The minimum absolute atomic E-state index is 0.0182. The van der Waals surface area contributed by atoms with Gasteiger partial charge < -0.3 is 4.42 Å². The molecule has 7 nitrogen and oxygen atoms in total. The fourth-order valence-electron chi connectivity index (χ4n) is 3.73. The summed E-state index contributed by atoms with van der Waals surface area (Å²) in [6.45, 7) is 2.03. The van der Waals surface area contributed by atoms with Crippen molar-refractivity contribution in [2.24, 2.45) is 5.10 Å². The number of nitrogens with zero attached hydrogens (tertiary/aromatic N) is 2. The largest absolute Gasteiger partial charge is 0.455 e. The van der Waals surface area contributed by atoms with Crippen LogP contribution in [0, 0.1) is 17.0 Å². The predicted octanol–water partition coefficient (Wildman–Crippen LogP) is 6.40. The molecule has 1 N–H and O–H groups in total. The number of amides is 1. The van der Waals surface area contributed by atoms with Crippen molar-refractivity contribution in [3.63, 3.8) is 0 Å². The lowest BCUT2D eigenvalue weighted by atomic mass is 9.90. The van der Waals surface area contributed by atoms with Crippen molar-refractivity contribution in [3.8, 4) is 11.3 Å². The molecule has 1 amide bonds. The Balaban J connectivity index is 1.48. The van der Waals surface area contributed by atoms with Crippen molar-refractivity contribution < 1.29 is 14.1 Å². The van der Waals surface area contributed by atoms with Crippen LogP contribution < -0.4 is 5.43 Å². The molecule has 0 aliphatic rings. The van der Waals surface area contributed by atoms with E-state index in [9.17, 15) is 14.9 Å². The second kappa shape index (κ2) is 10.9. The van der Waals surface area contributed by atoms with Crippen LogP contribution in [0.5, 0.6) is 0 Å². The zero-order chi connectivity index (χ0) is 24.8. The fraction of sp³-hybridized carbons (Fsp3) is 0.111. The topological polar surface area (TPSA) is 97.7 Å². The van der Waals surface area contributed by atoms with E-state index in [1.54, 1.807) is 18.2 Å². The predicted molar refractivity (Wildman–Crippen MR) is 138 cm³/mol. The molecule has 0 spiro atoms. The van der Waals surface area contributed by atoms with Crippen LogP contribution in [0.2, 0.25) is 0 Å². The Kier molecular flexibility index (Phi) is 7.52. The molecule has 0 aliphatic heterocycles. The minimum atomic E-state index is -0.459. The van der Waals surface area contributed by atoms with Crippen molar-refractivity contribution in [3.05, 3.63) is 122 Å². The molecule has 0 saturated carbocycles. The number of hydrogen-bond acceptors (Lipinski definition) is 5. The molecule has 4 rings (SSSR count). The molecule has 8 heteroatoms. The van der Waals surface area contributed by atoms with Crippen LogP contribution in [0.25, 0.3) is 11.3 Å². The third-order valence-electron chi connectivity index (χ3n) is 5.63. The van der Waals surface area contributed by atoms with Gasteiger partial charge in [0.25, 0.3) is 5.69 Å². The first-order chi connectivity index (χ1) is 16.9. The monoisotopic (exact) mass is 531 g/mol. The molecule has 0 aliphatic carbocycles. The van der Waals surface area contributed by atoms with Gasteiger partial charge in [0, 0.05) is 22.2 Å². The highest BCUT2D eigenvalue weighted by molar-refractivity contribution is 9.10. The van der Waals surface area contributed by atoms with Crippen molar-refractivity contribution in [2.75, 3.05) is 0 Å². The first-order valence-electron chi connectivity index (χ1n) is 10.9. The number of carbonyl (C=O) groups is 1. The number of halogens is 1. The molecule has 0 unspecified atom stereocenters. The van der Waals surface area contributed by atoms with Crippen LogP contribution in [-0.4, -0.2) is 17.0 Å².